The Balaban J connectivity index is 2.14. The summed E-state index contributed by atoms with van der Waals surface area (Å²) in [4.78, 5) is 17.0. The van der Waals surface area contributed by atoms with Crippen LogP contribution in [0.25, 0.3) is 0 Å². The summed E-state index contributed by atoms with van der Waals surface area (Å²) in [5, 5.41) is 6.94. The van der Waals surface area contributed by atoms with E-state index in [9.17, 15) is 4.79 Å². The van der Waals surface area contributed by atoms with Crippen LogP contribution in [0, 0.1) is 0 Å². The summed E-state index contributed by atoms with van der Waals surface area (Å²) in [5.41, 5.74) is 0.366. The van der Waals surface area contributed by atoms with E-state index in [1.807, 2.05) is 0 Å². The average Bonchev–Trinajstić information content (AvgIpc) is 3.10. The van der Waals surface area contributed by atoms with Crippen molar-refractivity contribution < 1.29 is 19.0 Å². The molecule has 1 aliphatic heterocycles. The van der Waals surface area contributed by atoms with E-state index in [4.69, 9.17) is 26.4 Å². The van der Waals surface area contributed by atoms with Crippen LogP contribution in [-0.2, 0) is 4.74 Å². The number of carbonyl (C=O) groups excluding carboxylic acids is 1. The quantitative estimate of drug-likeness (QED) is 0.591. The molecule has 1 aromatic rings. The number of pyridine rings is 1. The Hall–Kier alpha value is -2.13. The zero-order valence-corrected chi connectivity index (χ0v) is 14.9. The van der Waals surface area contributed by atoms with Gasteiger partial charge in [0.25, 0.3) is 5.91 Å². The standard InChI is InChI=1S/C15H22N4O4S/c1-21-10-7-16-15(24)19-9-4-8-18(19)14(20)11-5-6-12(22-2)17-13(11)23-3/h5-6H,4,7-10H2,1-3H3,(H,16,24). The minimum atomic E-state index is -0.213. The molecule has 2 rings (SSSR count). The molecule has 0 aliphatic carbocycles. The molecule has 0 bridgehead atoms. The van der Waals surface area contributed by atoms with Gasteiger partial charge < -0.3 is 19.5 Å². The summed E-state index contributed by atoms with van der Waals surface area (Å²) in [5.74, 6) is 0.401. The SMILES string of the molecule is COCCNC(=S)N1CCCN1C(=O)c1ccc(OC)nc1OC. The zero-order chi connectivity index (χ0) is 17.5. The van der Waals surface area contributed by atoms with Gasteiger partial charge in [-0.2, -0.15) is 4.98 Å². The van der Waals surface area contributed by atoms with Crippen molar-refractivity contribution in [3.8, 4) is 11.8 Å². The number of hydrogen-bond acceptors (Lipinski definition) is 6. The van der Waals surface area contributed by atoms with E-state index >= 15 is 0 Å². The minimum Gasteiger partial charge on any atom is -0.481 e. The van der Waals surface area contributed by atoms with Gasteiger partial charge in [-0.15, -0.1) is 0 Å². The number of nitrogens with zero attached hydrogens (tertiary/aromatic N) is 3. The Morgan fingerprint density at radius 1 is 1.25 bits per heavy atom. The molecule has 0 aromatic carbocycles. The average molecular weight is 354 g/mol. The molecule has 132 valence electrons. The fourth-order valence-electron chi connectivity index (χ4n) is 2.38. The highest BCUT2D eigenvalue weighted by Gasteiger charge is 2.31. The lowest BCUT2D eigenvalue weighted by molar-refractivity contribution is 0.0486. The number of thiocarbonyl (C=S) groups is 1. The molecule has 9 heteroatoms. The number of amides is 1. The van der Waals surface area contributed by atoms with Crippen molar-refractivity contribution >= 4 is 23.2 Å². The topological polar surface area (TPSA) is 76.2 Å². The molecule has 0 saturated carbocycles. The third-order valence-corrected chi connectivity index (χ3v) is 3.91. The second-order valence-electron chi connectivity index (χ2n) is 5.04. The van der Waals surface area contributed by atoms with Crippen molar-refractivity contribution in [2.75, 3.05) is 47.6 Å². The lowest BCUT2D eigenvalue weighted by Gasteiger charge is -2.30. The Morgan fingerprint density at radius 2 is 2.00 bits per heavy atom. The van der Waals surface area contributed by atoms with Gasteiger partial charge in [0.05, 0.1) is 20.8 Å². The van der Waals surface area contributed by atoms with E-state index in [1.54, 1.807) is 29.3 Å². The fraction of sp³-hybridized carbons (Fsp3) is 0.533. The smallest absolute Gasteiger partial charge is 0.277 e. The van der Waals surface area contributed by atoms with Gasteiger partial charge in [0.1, 0.15) is 5.56 Å². The van der Waals surface area contributed by atoms with Crippen molar-refractivity contribution in [2.24, 2.45) is 0 Å². The fourth-order valence-corrected chi connectivity index (χ4v) is 2.67. The summed E-state index contributed by atoms with van der Waals surface area (Å²) in [6, 6.07) is 3.27. The van der Waals surface area contributed by atoms with E-state index in [-0.39, 0.29) is 11.8 Å². The van der Waals surface area contributed by atoms with Crippen LogP contribution < -0.4 is 14.8 Å². The Kier molecular flexibility index (Phi) is 6.56. The number of rotatable bonds is 6. The number of nitrogens with one attached hydrogen (secondary N) is 1. The molecule has 0 spiro atoms. The summed E-state index contributed by atoms with van der Waals surface area (Å²) < 4.78 is 15.3. The van der Waals surface area contributed by atoms with Crippen molar-refractivity contribution in [2.45, 2.75) is 6.42 Å². The number of methoxy groups -OCH3 is 3. The largest absolute Gasteiger partial charge is 0.481 e. The van der Waals surface area contributed by atoms with Crippen LogP contribution in [-0.4, -0.2) is 73.6 Å². The van der Waals surface area contributed by atoms with Gasteiger partial charge in [0.2, 0.25) is 11.8 Å². The van der Waals surface area contributed by atoms with Gasteiger partial charge in [0, 0.05) is 32.8 Å². The molecule has 1 aromatic heterocycles. The molecule has 1 aliphatic rings. The molecule has 1 fully saturated rings. The van der Waals surface area contributed by atoms with Crippen LogP contribution in [0.5, 0.6) is 11.8 Å². The van der Waals surface area contributed by atoms with Gasteiger partial charge in [0.15, 0.2) is 5.11 Å². The summed E-state index contributed by atoms with van der Waals surface area (Å²) in [7, 11) is 4.60. The van der Waals surface area contributed by atoms with Gasteiger partial charge in [-0.05, 0) is 24.7 Å². The Bertz CT molecular complexity index is 599. The normalized spacial score (nSPS) is 13.8. The van der Waals surface area contributed by atoms with Crippen molar-refractivity contribution in [3.63, 3.8) is 0 Å². The van der Waals surface area contributed by atoms with E-state index in [0.29, 0.717) is 42.8 Å². The second-order valence-corrected chi connectivity index (χ2v) is 5.43. The van der Waals surface area contributed by atoms with Crippen LogP contribution in [0.2, 0.25) is 0 Å². The molecule has 1 saturated heterocycles. The maximum absolute atomic E-state index is 12.9. The first-order valence-electron chi connectivity index (χ1n) is 7.57. The molecule has 2 heterocycles. The zero-order valence-electron chi connectivity index (χ0n) is 14.1. The molecule has 24 heavy (non-hydrogen) atoms. The molecule has 8 nitrogen and oxygen atoms in total. The first-order chi connectivity index (χ1) is 11.6. The maximum Gasteiger partial charge on any atom is 0.277 e. The molecule has 1 N–H and O–H groups in total. The van der Waals surface area contributed by atoms with Crippen LogP contribution in [0.3, 0.4) is 0 Å². The second kappa shape index (κ2) is 8.65. The number of hydrogen-bond donors (Lipinski definition) is 1. The van der Waals surface area contributed by atoms with Crippen LogP contribution in [0.15, 0.2) is 12.1 Å². The van der Waals surface area contributed by atoms with E-state index in [0.717, 1.165) is 6.42 Å². The molecule has 0 radical (unpaired) electrons. The van der Waals surface area contributed by atoms with Gasteiger partial charge in [-0.3, -0.25) is 9.80 Å². The summed E-state index contributed by atoms with van der Waals surface area (Å²) in [6.07, 6.45) is 0.837. The predicted molar refractivity (Wildman–Crippen MR) is 92.2 cm³/mol. The van der Waals surface area contributed by atoms with Gasteiger partial charge >= 0.3 is 0 Å². The highest BCUT2D eigenvalue weighted by molar-refractivity contribution is 7.80. The van der Waals surface area contributed by atoms with Crippen LogP contribution >= 0.6 is 12.2 Å². The predicted octanol–water partition coefficient (Wildman–Crippen LogP) is 0.683. The minimum absolute atomic E-state index is 0.213. The third-order valence-electron chi connectivity index (χ3n) is 3.55. The maximum atomic E-state index is 12.9. The number of aromatic nitrogens is 1. The lowest BCUT2D eigenvalue weighted by Crippen LogP contribution is -2.49. The molecule has 1 amide bonds. The number of carbonyl (C=O) groups is 1. The molecule has 0 atom stereocenters. The molecular formula is C15H22N4O4S. The third kappa shape index (κ3) is 4.04. The van der Waals surface area contributed by atoms with Crippen molar-refractivity contribution in [1.82, 2.24) is 20.3 Å². The van der Waals surface area contributed by atoms with E-state index < -0.39 is 0 Å². The summed E-state index contributed by atoms with van der Waals surface area (Å²) in [6.45, 7) is 2.38. The highest BCUT2D eigenvalue weighted by atomic mass is 32.1. The van der Waals surface area contributed by atoms with E-state index in [2.05, 4.69) is 10.3 Å². The highest BCUT2D eigenvalue weighted by Crippen LogP contribution is 2.23. The monoisotopic (exact) mass is 354 g/mol. The number of ether oxygens (including phenoxy) is 3. The summed E-state index contributed by atoms with van der Waals surface area (Å²) >= 11 is 5.37. The lowest BCUT2D eigenvalue weighted by atomic mass is 10.2. The molecule has 0 unspecified atom stereocenters. The first kappa shape index (κ1) is 18.2. The Labute approximate surface area is 146 Å². The Morgan fingerprint density at radius 3 is 2.67 bits per heavy atom. The van der Waals surface area contributed by atoms with Crippen LogP contribution in [0.1, 0.15) is 16.8 Å². The van der Waals surface area contributed by atoms with E-state index in [1.165, 1.54) is 14.2 Å². The van der Waals surface area contributed by atoms with Crippen molar-refractivity contribution in [1.29, 1.82) is 0 Å². The number of hydrazine groups is 1. The van der Waals surface area contributed by atoms with Gasteiger partial charge in [-0.25, -0.2) is 5.01 Å². The molecular weight excluding hydrogens is 332 g/mol. The van der Waals surface area contributed by atoms with Gasteiger partial charge in [-0.1, -0.05) is 0 Å². The van der Waals surface area contributed by atoms with Crippen LogP contribution in [0.4, 0.5) is 0 Å². The van der Waals surface area contributed by atoms with Crippen molar-refractivity contribution in [3.05, 3.63) is 17.7 Å². The first-order valence-corrected chi connectivity index (χ1v) is 7.98.